The average molecular weight is 412 g/mol. The normalized spacial score (nSPS) is 28.4. The molecule has 2 heterocycles. The number of fused-ring (bicyclic) bond motifs is 1. The van der Waals surface area contributed by atoms with Gasteiger partial charge in [-0.05, 0) is 25.5 Å². The summed E-state index contributed by atoms with van der Waals surface area (Å²) in [6.45, 7) is 2.45. The first-order valence-corrected chi connectivity index (χ1v) is 9.08. The van der Waals surface area contributed by atoms with Gasteiger partial charge in [-0.3, -0.25) is 4.79 Å². The quantitative estimate of drug-likeness (QED) is 0.355. The minimum atomic E-state index is -1.71. The van der Waals surface area contributed by atoms with E-state index in [0.29, 0.717) is 5.56 Å². The van der Waals surface area contributed by atoms with Crippen LogP contribution in [0.3, 0.4) is 0 Å². The average Bonchev–Trinajstić information content (AvgIpc) is 2.63. The highest BCUT2D eigenvalue weighted by Gasteiger charge is 2.45. The zero-order valence-corrected chi connectivity index (χ0v) is 15.8. The molecule has 6 N–H and O–H groups in total. The van der Waals surface area contributed by atoms with Crippen molar-refractivity contribution in [3.8, 4) is 11.5 Å². The van der Waals surface area contributed by atoms with Crippen LogP contribution >= 0.6 is 0 Å². The molecule has 0 saturated carbocycles. The van der Waals surface area contributed by atoms with Gasteiger partial charge in [0.1, 0.15) is 30.2 Å². The number of ether oxygens (including phenoxy) is 2. The van der Waals surface area contributed by atoms with E-state index in [2.05, 4.69) is 0 Å². The van der Waals surface area contributed by atoms with E-state index in [-0.39, 0.29) is 28.9 Å². The largest absolute Gasteiger partial charge is 0.504 e. The van der Waals surface area contributed by atoms with Crippen LogP contribution in [0.15, 0.2) is 21.3 Å². The first-order chi connectivity index (χ1) is 13.6. The number of benzene rings is 1. The molecule has 1 aromatic carbocycles. The fraction of sp³-hybridized carbons (Fsp3) is 0.526. The van der Waals surface area contributed by atoms with Gasteiger partial charge in [0.25, 0.3) is 0 Å². The van der Waals surface area contributed by atoms with Gasteiger partial charge in [-0.2, -0.15) is 0 Å². The maximum absolute atomic E-state index is 12.5. The molecule has 0 spiro atoms. The molecule has 1 saturated heterocycles. The van der Waals surface area contributed by atoms with Crippen LogP contribution in [-0.2, 0) is 11.2 Å². The van der Waals surface area contributed by atoms with Gasteiger partial charge < -0.3 is 44.5 Å². The molecule has 6 atom stereocenters. The Bertz CT molecular complexity index is 935. The lowest BCUT2D eigenvalue weighted by atomic mass is 9.99. The monoisotopic (exact) mass is 412 g/mol. The maximum Gasteiger partial charge on any atom is 0.229 e. The molecule has 0 unspecified atom stereocenters. The van der Waals surface area contributed by atoms with Crippen molar-refractivity contribution in [1.82, 2.24) is 0 Å². The number of rotatable bonds is 5. The Morgan fingerprint density at radius 3 is 2.48 bits per heavy atom. The summed E-state index contributed by atoms with van der Waals surface area (Å²) in [5.74, 6) is -0.579. The van der Waals surface area contributed by atoms with E-state index < -0.39 is 54.6 Å². The third-order valence-corrected chi connectivity index (χ3v) is 4.76. The number of aromatic hydroxyl groups is 1. The van der Waals surface area contributed by atoms with Gasteiger partial charge in [0.05, 0.1) is 18.1 Å². The van der Waals surface area contributed by atoms with Crippen LogP contribution in [0.2, 0.25) is 0 Å². The van der Waals surface area contributed by atoms with Crippen molar-refractivity contribution >= 4 is 11.0 Å². The second-order valence-electron chi connectivity index (χ2n) is 7.19. The molecule has 3 rings (SSSR count). The van der Waals surface area contributed by atoms with Gasteiger partial charge in [0.15, 0.2) is 16.8 Å². The van der Waals surface area contributed by atoms with Gasteiger partial charge in [0, 0.05) is 12.5 Å². The summed E-state index contributed by atoms with van der Waals surface area (Å²) in [5.41, 5.74) is -0.128. The predicted octanol–water partition coefficient (Wildman–Crippen LogP) is -1.09. The Morgan fingerprint density at radius 2 is 1.86 bits per heavy atom. The number of hydrogen-bond donors (Lipinski definition) is 6. The zero-order chi connectivity index (χ0) is 21.5. The number of hydrogen-bond acceptors (Lipinski definition) is 10. The molecule has 1 aromatic heterocycles. The SMILES string of the molecule is Cc1cc(O)c(O[C@@H]2O[C@H](CO)[C@@H](O)[C@H](O)[C@H]2O)c2oc(C[C@H](C)O)cc(=O)c12. The van der Waals surface area contributed by atoms with Gasteiger partial charge in [0.2, 0.25) is 12.0 Å². The van der Waals surface area contributed by atoms with E-state index in [1.165, 1.54) is 19.1 Å². The molecule has 0 bridgehead atoms. The molecular formula is C19H24O10. The zero-order valence-electron chi connectivity index (χ0n) is 15.8. The van der Waals surface area contributed by atoms with E-state index in [0.717, 1.165) is 0 Å². The van der Waals surface area contributed by atoms with Crippen molar-refractivity contribution in [2.45, 2.75) is 57.1 Å². The summed E-state index contributed by atoms with van der Waals surface area (Å²) < 4.78 is 16.5. The van der Waals surface area contributed by atoms with Gasteiger partial charge >= 0.3 is 0 Å². The smallest absolute Gasteiger partial charge is 0.229 e. The number of aryl methyl sites for hydroxylation is 1. The Labute approximate surface area is 165 Å². The Morgan fingerprint density at radius 1 is 1.17 bits per heavy atom. The summed E-state index contributed by atoms with van der Waals surface area (Å²) in [6.07, 6.45) is -8.50. The summed E-state index contributed by atoms with van der Waals surface area (Å²) in [4.78, 5) is 12.5. The summed E-state index contributed by atoms with van der Waals surface area (Å²) in [5, 5.41) is 59.4. The Hall–Kier alpha value is -2.21. The lowest BCUT2D eigenvalue weighted by Gasteiger charge is -2.39. The van der Waals surface area contributed by atoms with Crippen molar-refractivity contribution < 1.29 is 44.5 Å². The van der Waals surface area contributed by atoms with Crippen LogP contribution in [0, 0.1) is 6.92 Å². The molecule has 10 heteroatoms. The predicted molar refractivity (Wildman–Crippen MR) is 98.7 cm³/mol. The molecule has 10 nitrogen and oxygen atoms in total. The molecule has 160 valence electrons. The molecule has 2 aromatic rings. The van der Waals surface area contributed by atoms with Crippen LogP contribution < -0.4 is 10.2 Å². The topological polar surface area (TPSA) is 170 Å². The first kappa shape index (κ1) is 21.5. The van der Waals surface area contributed by atoms with Crippen molar-refractivity contribution in [3.63, 3.8) is 0 Å². The molecule has 0 amide bonds. The van der Waals surface area contributed by atoms with Crippen molar-refractivity contribution in [2.24, 2.45) is 0 Å². The van der Waals surface area contributed by atoms with E-state index in [9.17, 15) is 35.4 Å². The van der Waals surface area contributed by atoms with Crippen LogP contribution in [0.25, 0.3) is 11.0 Å². The molecule has 29 heavy (non-hydrogen) atoms. The lowest BCUT2D eigenvalue weighted by molar-refractivity contribution is -0.277. The molecule has 1 fully saturated rings. The fourth-order valence-electron chi connectivity index (χ4n) is 3.32. The van der Waals surface area contributed by atoms with E-state index in [1.807, 2.05) is 0 Å². The third kappa shape index (κ3) is 4.08. The first-order valence-electron chi connectivity index (χ1n) is 9.08. The van der Waals surface area contributed by atoms with Crippen LogP contribution in [0.5, 0.6) is 11.5 Å². The third-order valence-electron chi connectivity index (χ3n) is 4.76. The van der Waals surface area contributed by atoms with E-state index in [1.54, 1.807) is 6.92 Å². The maximum atomic E-state index is 12.5. The minimum Gasteiger partial charge on any atom is -0.504 e. The van der Waals surface area contributed by atoms with Crippen molar-refractivity contribution in [2.75, 3.05) is 6.61 Å². The number of aliphatic hydroxyl groups excluding tert-OH is 5. The van der Waals surface area contributed by atoms with Crippen molar-refractivity contribution in [1.29, 1.82) is 0 Å². The van der Waals surface area contributed by atoms with Crippen molar-refractivity contribution in [3.05, 3.63) is 33.7 Å². The number of aliphatic hydroxyl groups is 5. The lowest BCUT2D eigenvalue weighted by Crippen LogP contribution is -2.60. The van der Waals surface area contributed by atoms with Crippen LogP contribution in [0.4, 0.5) is 0 Å². The molecule has 0 radical (unpaired) electrons. The second kappa shape index (κ2) is 8.27. The molecule has 0 aliphatic carbocycles. The molecular weight excluding hydrogens is 388 g/mol. The van der Waals surface area contributed by atoms with Gasteiger partial charge in [-0.25, -0.2) is 0 Å². The van der Waals surface area contributed by atoms with Gasteiger partial charge in [-0.15, -0.1) is 0 Å². The highest BCUT2D eigenvalue weighted by Crippen LogP contribution is 2.38. The highest BCUT2D eigenvalue weighted by atomic mass is 16.7. The fourth-order valence-corrected chi connectivity index (χ4v) is 3.32. The molecule has 1 aliphatic rings. The summed E-state index contributed by atoms with van der Waals surface area (Å²) in [6, 6.07) is 2.50. The summed E-state index contributed by atoms with van der Waals surface area (Å²) in [7, 11) is 0. The van der Waals surface area contributed by atoms with E-state index >= 15 is 0 Å². The highest BCUT2D eigenvalue weighted by molar-refractivity contribution is 5.88. The molecule has 1 aliphatic heterocycles. The van der Waals surface area contributed by atoms with E-state index in [4.69, 9.17) is 13.9 Å². The van der Waals surface area contributed by atoms with Crippen LogP contribution in [0.1, 0.15) is 18.2 Å². The summed E-state index contributed by atoms with van der Waals surface area (Å²) >= 11 is 0. The second-order valence-corrected chi connectivity index (χ2v) is 7.19. The minimum absolute atomic E-state index is 0.0410. The standard InChI is InChI=1S/C19H24O10/c1-7-3-11(23)17(18-13(7)10(22)5-9(27-18)4-8(2)21)29-19-16(26)15(25)14(24)12(6-20)28-19/h3,5,8,12,14-16,19-21,23-26H,4,6H2,1-2H3/t8-,12+,14+,15-,16+,19-/m0/s1. The number of phenols is 1. The van der Waals surface area contributed by atoms with Gasteiger partial charge in [-0.1, -0.05) is 0 Å². The Kier molecular flexibility index (Phi) is 6.13. The Balaban J connectivity index is 2.08. The van der Waals surface area contributed by atoms with Crippen LogP contribution in [-0.4, -0.2) is 74.1 Å². The number of phenolic OH excluding ortho intramolecular Hbond substituents is 1.